The maximum atomic E-state index is 13.0. The fourth-order valence-electron chi connectivity index (χ4n) is 4.44. The molecule has 4 aromatic rings. The normalized spacial score (nSPS) is 16.4. The van der Waals surface area contributed by atoms with E-state index >= 15 is 0 Å². The summed E-state index contributed by atoms with van der Waals surface area (Å²) in [4.78, 5) is 40.0. The molecule has 0 spiro atoms. The standard InChI is InChI=1S/C24H23N5O3/c30-22(9-13-29-20-5-1-2-6-21(20)32-24(29)31)28-12-3-4-18(15-28)23-19(14-26-16-27-23)17-7-10-25-11-8-17/h1-2,5-8,10-11,14,16,18H,3-4,9,12-13,15H2/t18-/m1/s1. The minimum absolute atomic E-state index is 0.0337. The number of fused-ring (bicyclic) bond motifs is 1. The number of aromatic nitrogens is 4. The third-order valence-corrected chi connectivity index (χ3v) is 6.02. The van der Waals surface area contributed by atoms with Gasteiger partial charge in [0.25, 0.3) is 0 Å². The molecule has 0 N–H and O–H groups in total. The van der Waals surface area contributed by atoms with E-state index in [-0.39, 0.29) is 18.2 Å². The van der Waals surface area contributed by atoms with Gasteiger partial charge >= 0.3 is 5.76 Å². The molecule has 1 aromatic carbocycles. The van der Waals surface area contributed by atoms with Gasteiger partial charge in [-0.25, -0.2) is 14.8 Å². The predicted octanol–water partition coefficient (Wildman–Crippen LogP) is 3.24. The summed E-state index contributed by atoms with van der Waals surface area (Å²) in [5.74, 6) is -0.263. The summed E-state index contributed by atoms with van der Waals surface area (Å²) in [5.41, 5.74) is 4.21. The Labute approximate surface area is 184 Å². The van der Waals surface area contributed by atoms with Gasteiger partial charge in [0.2, 0.25) is 5.91 Å². The average molecular weight is 429 g/mol. The number of carbonyl (C=O) groups excluding carboxylic acids is 1. The highest BCUT2D eigenvalue weighted by atomic mass is 16.4. The second kappa shape index (κ2) is 8.74. The van der Waals surface area contributed by atoms with Crippen LogP contribution >= 0.6 is 0 Å². The Morgan fingerprint density at radius 1 is 1.12 bits per heavy atom. The zero-order chi connectivity index (χ0) is 21.9. The maximum absolute atomic E-state index is 13.0. The minimum atomic E-state index is -0.432. The van der Waals surface area contributed by atoms with Gasteiger partial charge in [-0.3, -0.25) is 14.3 Å². The highest BCUT2D eigenvalue weighted by Crippen LogP contribution is 2.32. The van der Waals surface area contributed by atoms with E-state index in [1.54, 1.807) is 24.8 Å². The van der Waals surface area contributed by atoms with Crippen molar-refractivity contribution in [1.82, 2.24) is 24.4 Å². The molecule has 0 bridgehead atoms. The summed E-state index contributed by atoms with van der Waals surface area (Å²) in [6.45, 7) is 1.62. The second-order valence-corrected chi connectivity index (χ2v) is 7.97. The molecule has 8 nitrogen and oxygen atoms in total. The first-order valence-corrected chi connectivity index (χ1v) is 10.8. The molecular formula is C24H23N5O3. The monoisotopic (exact) mass is 429 g/mol. The van der Waals surface area contributed by atoms with E-state index in [0.29, 0.717) is 30.7 Å². The van der Waals surface area contributed by atoms with Gasteiger partial charge in [0.1, 0.15) is 6.33 Å². The van der Waals surface area contributed by atoms with E-state index in [2.05, 4.69) is 15.0 Å². The van der Waals surface area contributed by atoms with Gasteiger partial charge in [0.05, 0.1) is 11.2 Å². The van der Waals surface area contributed by atoms with Crippen LogP contribution in [0.4, 0.5) is 0 Å². The summed E-state index contributed by atoms with van der Waals surface area (Å²) in [7, 11) is 0. The summed E-state index contributed by atoms with van der Waals surface area (Å²) in [6, 6.07) is 11.2. The van der Waals surface area contributed by atoms with Gasteiger partial charge in [0.15, 0.2) is 5.58 Å². The van der Waals surface area contributed by atoms with E-state index in [0.717, 1.165) is 29.7 Å². The van der Waals surface area contributed by atoms with Crippen molar-refractivity contribution in [2.24, 2.45) is 0 Å². The second-order valence-electron chi connectivity index (χ2n) is 7.97. The number of aryl methyl sites for hydroxylation is 1. The van der Waals surface area contributed by atoms with Gasteiger partial charge in [-0.2, -0.15) is 0 Å². The summed E-state index contributed by atoms with van der Waals surface area (Å²) >= 11 is 0. The van der Waals surface area contributed by atoms with E-state index in [9.17, 15) is 9.59 Å². The van der Waals surface area contributed by atoms with Crippen molar-refractivity contribution in [3.8, 4) is 11.1 Å². The molecular weight excluding hydrogens is 406 g/mol. The molecule has 0 unspecified atom stereocenters. The van der Waals surface area contributed by atoms with Crippen LogP contribution in [0.25, 0.3) is 22.2 Å². The van der Waals surface area contributed by atoms with Crippen molar-refractivity contribution in [3.05, 3.63) is 77.6 Å². The Morgan fingerprint density at radius 2 is 1.97 bits per heavy atom. The number of piperidine rings is 1. The quantitative estimate of drug-likeness (QED) is 0.483. The largest absolute Gasteiger partial charge is 0.419 e. The molecule has 0 aliphatic carbocycles. The van der Waals surface area contributed by atoms with Crippen molar-refractivity contribution in [2.75, 3.05) is 13.1 Å². The molecule has 1 aliphatic heterocycles. The molecule has 32 heavy (non-hydrogen) atoms. The molecule has 5 rings (SSSR count). The van der Waals surface area contributed by atoms with Gasteiger partial charge in [-0.05, 0) is 42.7 Å². The van der Waals surface area contributed by atoms with E-state index in [4.69, 9.17) is 4.42 Å². The first kappa shape index (κ1) is 20.1. The lowest BCUT2D eigenvalue weighted by Gasteiger charge is -2.33. The predicted molar refractivity (Wildman–Crippen MR) is 119 cm³/mol. The van der Waals surface area contributed by atoms with Crippen molar-refractivity contribution in [3.63, 3.8) is 0 Å². The van der Waals surface area contributed by atoms with Gasteiger partial charge in [-0.15, -0.1) is 0 Å². The number of benzene rings is 1. The SMILES string of the molecule is O=C(CCn1c(=O)oc2ccccc21)N1CCC[C@@H](c2ncncc2-c2ccncc2)C1. The Kier molecular flexibility index (Phi) is 5.49. The zero-order valence-electron chi connectivity index (χ0n) is 17.6. The lowest BCUT2D eigenvalue weighted by molar-refractivity contribution is -0.132. The number of para-hydroxylation sites is 2. The number of oxazole rings is 1. The van der Waals surface area contributed by atoms with E-state index in [1.165, 1.54) is 4.57 Å². The Bertz CT molecular complexity index is 1300. The highest BCUT2D eigenvalue weighted by Gasteiger charge is 2.27. The number of likely N-dealkylation sites (tertiary alicyclic amines) is 1. The fraction of sp³-hybridized carbons (Fsp3) is 0.292. The van der Waals surface area contributed by atoms with Crippen LogP contribution in [-0.2, 0) is 11.3 Å². The first-order chi connectivity index (χ1) is 15.7. The topological polar surface area (TPSA) is 94.1 Å². The van der Waals surface area contributed by atoms with Crippen molar-refractivity contribution >= 4 is 17.0 Å². The number of carbonyl (C=O) groups is 1. The van der Waals surface area contributed by atoms with Crippen LogP contribution in [0.15, 0.2) is 70.5 Å². The molecule has 1 amide bonds. The number of hydrogen-bond acceptors (Lipinski definition) is 6. The van der Waals surface area contributed by atoms with Crippen LogP contribution in [0.2, 0.25) is 0 Å². The van der Waals surface area contributed by atoms with Crippen LogP contribution < -0.4 is 5.76 Å². The molecule has 3 aromatic heterocycles. The highest BCUT2D eigenvalue weighted by molar-refractivity contribution is 5.77. The average Bonchev–Trinajstić information content (AvgIpc) is 3.18. The number of amides is 1. The summed E-state index contributed by atoms with van der Waals surface area (Å²) in [5, 5.41) is 0. The summed E-state index contributed by atoms with van der Waals surface area (Å²) < 4.78 is 6.80. The smallest absolute Gasteiger partial charge is 0.408 e. The third-order valence-electron chi connectivity index (χ3n) is 6.02. The molecule has 0 saturated carbocycles. The number of pyridine rings is 1. The molecule has 1 aliphatic rings. The Balaban J connectivity index is 1.31. The lowest BCUT2D eigenvalue weighted by Crippen LogP contribution is -2.40. The fourth-order valence-corrected chi connectivity index (χ4v) is 4.44. The lowest BCUT2D eigenvalue weighted by atomic mass is 9.90. The maximum Gasteiger partial charge on any atom is 0.419 e. The van der Waals surface area contributed by atoms with Crippen LogP contribution in [-0.4, -0.2) is 43.4 Å². The van der Waals surface area contributed by atoms with Gasteiger partial charge in [-0.1, -0.05) is 12.1 Å². The molecule has 8 heteroatoms. The Hall–Kier alpha value is -3.81. The number of rotatable bonds is 5. The first-order valence-electron chi connectivity index (χ1n) is 10.8. The van der Waals surface area contributed by atoms with Crippen LogP contribution in [0.1, 0.15) is 30.9 Å². The van der Waals surface area contributed by atoms with Crippen molar-refractivity contribution in [1.29, 1.82) is 0 Å². The van der Waals surface area contributed by atoms with Crippen LogP contribution in [0, 0.1) is 0 Å². The van der Waals surface area contributed by atoms with Gasteiger partial charge < -0.3 is 9.32 Å². The van der Waals surface area contributed by atoms with Crippen LogP contribution in [0.5, 0.6) is 0 Å². The molecule has 162 valence electrons. The van der Waals surface area contributed by atoms with Crippen molar-refractivity contribution in [2.45, 2.75) is 31.7 Å². The molecule has 0 radical (unpaired) electrons. The van der Waals surface area contributed by atoms with Crippen molar-refractivity contribution < 1.29 is 9.21 Å². The molecule has 1 fully saturated rings. The van der Waals surface area contributed by atoms with Crippen LogP contribution in [0.3, 0.4) is 0 Å². The zero-order valence-corrected chi connectivity index (χ0v) is 17.6. The third kappa shape index (κ3) is 3.91. The molecule has 4 heterocycles. The molecule has 1 atom stereocenters. The van der Waals surface area contributed by atoms with Gasteiger partial charge in [0, 0.05) is 56.1 Å². The number of hydrogen-bond donors (Lipinski definition) is 0. The summed E-state index contributed by atoms with van der Waals surface area (Å²) in [6.07, 6.45) is 9.02. The minimum Gasteiger partial charge on any atom is -0.408 e. The molecule has 1 saturated heterocycles. The van der Waals surface area contributed by atoms with E-state index < -0.39 is 5.76 Å². The number of nitrogens with zero attached hydrogens (tertiary/aromatic N) is 5. The Morgan fingerprint density at radius 3 is 2.84 bits per heavy atom. The van der Waals surface area contributed by atoms with E-state index in [1.807, 2.05) is 41.4 Å².